The maximum Gasteiger partial charge on any atom is 0.275 e. The number of rotatable bonds is 3. The zero-order valence-corrected chi connectivity index (χ0v) is 15.4. The first kappa shape index (κ1) is 16.9. The van der Waals surface area contributed by atoms with Crippen LogP contribution in [0.2, 0.25) is 0 Å². The Morgan fingerprint density at radius 3 is 2.55 bits per heavy atom. The minimum Gasteiger partial charge on any atom is -0.321 e. The number of aryl methyl sites for hydroxylation is 1. The first-order valence-corrected chi connectivity index (χ1v) is 9.00. The summed E-state index contributed by atoms with van der Waals surface area (Å²) in [7, 11) is 0. The number of hydrogen-bond acceptors (Lipinski definition) is 6. The fourth-order valence-electron chi connectivity index (χ4n) is 3.04. The molecule has 0 saturated carbocycles. The first-order chi connectivity index (χ1) is 14.2. The van der Waals surface area contributed by atoms with Crippen molar-refractivity contribution >= 4 is 28.3 Å². The van der Waals surface area contributed by atoms with Crippen molar-refractivity contribution in [3.8, 4) is 11.3 Å². The Bertz CT molecular complexity index is 1360. The molecule has 1 N–H and O–H groups in total. The molecule has 29 heavy (non-hydrogen) atoms. The van der Waals surface area contributed by atoms with Crippen molar-refractivity contribution in [2.75, 3.05) is 5.32 Å². The van der Waals surface area contributed by atoms with Gasteiger partial charge in [0, 0.05) is 11.3 Å². The number of nitrogens with zero attached hydrogens (tertiary/aromatic N) is 6. The van der Waals surface area contributed by atoms with E-state index in [9.17, 15) is 4.79 Å². The van der Waals surface area contributed by atoms with Gasteiger partial charge in [-0.2, -0.15) is 9.61 Å². The fraction of sp³-hybridized carbons (Fsp3) is 0.0476. The van der Waals surface area contributed by atoms with Gasteiger partial charge >= 0.3 is 0 Å². The van der Waals surface area contributed by atoms with Crippen LogP contribution in [0.15, 0.2) is 66.9 Å². The van der Waals surface area contributed by atoms with Crippen LogP contribution >= 0.6 is 0 Å². The molecule has 0 radical (unpaired) electrons. The summed E-state index contributed by atoms with van der Waals surface area (Å²) in [5.41, 5.74) is 4.77. The standard InChI is InChI=1S/C21H15N7O/c1-13-25-26-20-11-10-16(27-28(13)20)14-6-8-15(9-7-14)23-21(29)19-12-22-17-4-2-3-5-18(17)24-19/h2-12H,1H3,(H,23,29). The molecule has 5 aromatic rings. The van der Waals surface area contributed by atoms with E-state index in [1.807, 2.05) is 67.6 Å². The highest BCUT2D eigenvalue weighted by Gasteiger charge is 2.10. The highest BCUT2D eigenvalue weighted by atomic mass is 16.1. The van der Waals surface area contributed by atoms with Crippen LogP contribution in [0.4, 0.5) is 5.69 Å². The SMILES string of the molecule is Cc1nnc2ccc(-c3ccc(NC(=O)c4cnc5ccccc5n4)cc3)nn12. The first-order valence-electron chi connectivity index (χ1n) is 9.00. The largest absolute Gasteiger partial charge is 0.321 e. The van der Waals surface area contributed by atoms with Crippen molar-refractivity contribution < 1.29 is 4.79 Å². The average Bonchev–Trinajstić information content (AvgIpc) is 3.14. The lowest BCUT2D eigenvalue weighted by Crippen LogP contribution is -2.14. The van der Waals surface area contributed by atoms with E-state index in [1.54, 1.807) is 4.52 Å². The third-order valence-corrected chi connectivity index (χ3v) is 4.54. The molecule has 0 bridgehead atoms. The second kappa shape index (κ2) is 6.75. The van der Waals surface area contributed by atoms with E-state index in [4.69, 9.17) is 0 Å². The molecule has 0 aliphatic carbocycles. The van der Waals surface area contributed by atoms with Gasteiger partial charge in [0.15, 0.2) is 11.5 Å². The van der Waals surface area contributed by atoms with Crippen LogP contribution in [-0.4, -0.2) is 35.7 Å². The predicted molar refractivity (Wildman–Crippen MR) is 108 cm³/mol. The van der Waals surface area contributed by atoms with Gasteiger partial charge in [-0.15, -0.1) is 10.2 Å². The van der Waals surface area contributed by atoms with Crippen molar-refractivity contribution in [3.05, 3.63) is 78.4 Å². The summed E-state index contributed by atoms with van der Waals surface area (Å²) in [6.45, 7) is 1.85. The Morgan fingerprint density at radius 1 is 0.931 bits per heavy atom. The molecule has 0 atom stereocenters. The topological polar surface area (TPSA) is 98.0 Å². The number of benzene rings is 2. The molecule has 0 saturated heterocycles. The summed E-state index contributed by atoms with van der Waals surface area (Å²) in [5, 5.41) is 15.5. The predicted octanol–water partition coefficient (Wildman–Crippen LogP) is 3.30. The van der Waals surface area contributed by atoms with Gasteiger partial charge in [0.2, 0.25) is 0 Å². The molecule has 1 amide bonds. The molecule has 2 aromatic carbocycles. The maximum absolute atomic E-state index is 12.5. The molecule has 8 nitrogen and oxygen atoms in total. The van der Waals surface area contributed by atoms with Crippen LogP contribution in [0.3, 0.4) is 0 Å². The third kappa shape index (κ3) is 3.16. The van der Waals surface area contributed by atoms with Gasteiger partial charge in [-0.25, -0.2) is 4.98 Å². The number of carbonyl (C=O) groups excluding carboxylic acids is 1. The lowest BCUT2D eigenvalue weighted by Gasteiger charge is -2.07. The summed E-state index contributed by atoms with van der Waals surface area (Å²) in [6.07, 6.45) is 1.48. The van der Waals surface area contributed by atoms with Crippen LogP contribution in [0.5, 0.6) is 0 Å². The highest BCUT2D eigenvalue weighted by Crippen LogP contribution is 2.20. The van der Waals surface area contributed by atoms with E-state index >= 15 is 0 Å². The highest BCUT2D eigenvalue weighted by molar-refractivity contribution is 6.03. The lowest BCUT2D eigenvalue weighted by molar-refractivity contribution is 0.102. The zero-order chi connectivity index (χ0) is 19.8. The molecule has 3 heterocycles. The molecule has 140 valence electrons. The molecule has 0 aliphatic heterocycles. The van der Waals surface area contributed by atoms with E-state index in [2.05, 4.69) is 30.6 Å². The number of anilines is 1. The molecule has 5 rings (SSSR count). The Balaban J connectivity index is 1.37. The fourth-order valence-corrected chi connectivity index (χ4v) is 3.04. The van der Waals surface area contributed by atoms with E-state index in [0.29, 0.717) is 16.9 Å². The Kier molecular flexibility index (Phi) is 3.94. The Morgan fingerprint density at radius 2 is 1.72 bits per heavy atom. The summed E-state index contributed by atoms with van der Waals surface area (Å²) < 4.78 is 1.70. The quantitative estimate of drug-likeness (QED) is 0.515. The van der Waals surface area contributed by atoms with Crippen LogP contribution < -0.4 is 5.32 Å². The van der Waals surface area contributed by atoms with E-state index in [0.717, 1.165) is 22.6 Å². The molecule has 0 fully saturated rings. The summed E-state index contributed by atoms with van der Waals surface area (Å²) >= 11 is 0. The lowest BCUT2D eigenvalue weighted by atomic mass is 10.1. The molecule has 3 aromatic heterocycles. The number of para-hydroxylation sites is 2. The summed E-state index contributed by atoms with van der Waals surface area (Å²) in [4.78, 5) is 21.2. The molecule has 0 unspecified atom stereocenters. The average molecular weight is 381 g/mol. The normalized spacial score (nSPS) is 11.1. The molecular weight excluding hydrogens is 366 g/mol. The van der Waals surface area contributed by atoms with Crippen molar-refractivity contribution in [2.24, 2.45) is 0 Å². The Hall–Kier alpha value is -4.20. The van der Waals surface area contributed by atoms with Gasteiger partial charge in [0.25, 0.3) is 5.91 Å². The van der Waals surface area contributed by atoms with Gasteiger partial charge in [-0.1, -0.05) is 24.3 Å². The molecule has 0 spiro atoms. The number of aromatic nitrogens is 6. The van der Waals surface area contributed by atoms with Gasteiger partial charge in [0.05, 0.1) is 22.9 Å². The molecule has 8 heteroatoms. The minimum atomic E-state index is -0.310. The van der Waals surface area contributed by atoms with Crippen molar-refractivity contribution in [2.45, 2.75) is 6.92 Å². The minimum absolute atomic E-state index is 0.267. The summed E-state index contributed by atoms with van der Waals surface area (Å²) in [5.74, 6) is 0.415. The van der Waals surface area contributed by atoms with Crippen LogP contribution in [-0.2, 0) is 0 Å². The van der Waals surface area contributed by atoms with Gasteiger partial charge in [-0.3, -0.25) is 9.78 Å². The number of amides is 1. The van der Waals surface area contributed by atoms with E-state index < -0.39 is 0 Å². The summed E-state index contributed by atoms with van der Waals surface area (Å²) in [6, 6.07) is 18.6. The van der Waals surface area contributed by atoms with Crippen LogP contribution in [0, 0.1) is 6.92 Å². The number of carbonyl (C=O) groups is 1. The monoisotopic (exact) mass is 381 g/mol. The second-order valence-corrected chi connectivity index (χ2v) is 6.51. The maximum atomic E-state index is 12.5. The van der Waals surface area contributed by atoms with E-state index in [1.165, 1.54) is 6.20 Å². The van der Waals surface area contributed by atoms with E-state index in [-0.39, 0.29) is 11.6 Å². The smallest absolute Gasteiger partial charge is 0.275 e. The van der Waals surface area contributed by atoms with Crippen molar-refractivity contribution in [1.82, 2.24) is 29.8 Å². The zero-order valence-electron chi connectivity index (χ0n) is 15.4. The Labute approximate surface area is 165 Å². The van der Waals surface area contributed by atoms with Crippen LogP contribution in [0.1, 0.15) is 16.3 Å². The van der Waals surface area contributed by atoms with Gasteiger partial charge < -0.3 is 5.32 Å². The second-order valence-electron chi connectivity index (χ2n) is 6.51. The van der Waals surface area contributed by atoms with Crippen molar-refractivity contribution in [3.63, 3.8) is 0 Å². The molecular formula is C21H15N7O. The van der Waals surface area contributed by atoms with Gasteiger partial charge in [-0.05, 0) is 43.3 Å². The van der Waals surface area contributed by atoms with Gasteiger partial charge in [0.1, 0.15) is 5.69 Å². The number of hydrogen-bond donors (Lipinski definition) is 1. The third-order valence-electron chi connectivity index (χ3n) is 4.54. The number of nitrogens with one attached hydrogen (secondary N) is 1. The number of fused-ring (bicyclic) bond motifs is 2. The molecule has 0 aliphatic rings. The van der Waals surface area contributed by atoms with Crippen molar-refractivity contribution in [1.29, 1.82) is 0 Å². The van der Waals surface area contributed by atoms with Crippen LogP contribution in [0.25, 0.3) is 27.9 Å².